The van der Waals surface area contributed by atoms with Crippen LogP contribution in [0.5, 0.6) is 5.75 Å². The number of anilines is 1. The van der Waals surface area contributed by atoms with E-state index < -0.39 is 23.7 Å². The number of hydrogen-bond donors (Lipinski definition) is 1. The second-order valence-corrected chi connectivity index (χ2v) is 11.1. The number of amides is 1. The summed E-state index contributed by atoms with van der Waals surface area (Å²) < 4.78 is 11.1. The first-order valence-electron chi connectivity index (χ1n) is 13.6. The predicted octanol–water partition coefficient (Wildman–Crippen LogP) is 6.62. The van der Waals surface area contributed by atoms with Crippen LogP contribution in [0.15, 0.2) is 91.0 Å². The van der Waals surface area contributed by atoms with Crippen LogP contribution in [0.1, 0.15) is 49.2 Å². The molecule has 1 atom stereocenters. The summed E-state index contributed by atoms with van der Waals surface area (Å²) in [7, 11) is 0. The van der Waals surface area contributed by atoms with Crippen molar-refractivity contribution in [1.82, 2.24) is 4.98 Å². The molecule has 0 aliphatic carbocycles. The van der Waals surface area contributed by atoms with Crippen molar-refractivity contribution in [2.24, 2.45) is 0 Å². The van der Waals surface area contributed by atoms with E-state index in [1.807, 2.05) is 56.3 Å². The van der Waals surface area contributed by atoms with E-state index in [1.165, 1.54) is 11.0 Å². The van der Waals surface area contributed by atoms with Crippen LogP contribution < -0.4 is 9.64 Å². The molecule has 1 N–H and O–H groups in total. The second kappa shape index (κ2) is 12.5. The minimum absolute atomic E-state index is 0.0184. The lowest BCUT2D eigenvalue weighted by Gasteiger charge is -2.23. The standard InChI is InChI=1S/C34H30N2O6S/c1-5-17-41-33(40)31-22(4)35-34(43-31)36-28(24-13-15-25(16-14-24)42-19-23-9-7-6-8-10-23)27(30(38)32(36)39)29(37)26-18-20(2)11-12-21(26)3/h5-16,18,28,37H,1,17,19H2,2-4H3. The first-order chi connectivity index (χ1) is 20.7. The molecule has 1 amide bonds. The van der Waals surface area contributed by atoms with E-state index in [4.69, 9.17) is 9.47 Å². The molecule has 0 spiro atoms. The fourth-order valence-electron chi connectivity index (χ4n) is 4.84. The molecule has 4 aromatic rings. The number of aliphatic hydroxyl groups is 1. The van der Waals surface area contributed by atoms with Gasteiger partial charge in [0.2, 0.25) is 0 Å². The van der Waals surface area contributed by atoms with Gasteiger partial charge < -0.3 is 14.6 Å². The van der Waals surface area contributed by atoms with Crippen molar-refractivity contribution >= 4 is 39.9 Å². The SMILES string of the molecule is C=CCOC(=O)c1sc(N2C(=O)C(=O)C(=C(O)c3cc(C)ccc3C)C2c2ccc(OCc3ccccc3)cc2)nc1C. The maximum Gasteiger partial charge on any atom is 0.350 e. The zero-order valence-electron chi connectivity index (χ0n) is 24.0. The Morgan fingerprint density at radius 3 is 2.47 bits per heavy atom. The van der Waals surface area contributed by atoms with Crippen LogP contribution in [0.3, 0.4) is 0 Å². The Kier molecular flexibility index (Phi) is 8.54. The van der Waals surface area contributed by atoms with Crippen molar-refractivity contribution in [1.29, 1.82) is 0 Å². The molecule has 8 nitrogen and oxygen atoms in total. The quantitative estimate of drug-likeness (QED) is 0.0764. The summed E-state index contributed by atoms with van der Waals surface area (Å²) in [5.74, 6) is -2.01. The maximum absolute atomic E-state index is 13.6. The van der Waals surface area contributed by atoms with Crippen molar-refractivity contribution in [3.05, 3.63) is 129 Å². The number of aliphatic hydroxyl groups excluding tert-OH is 1. The van der Waals surface area contributed by atoms with Crippen LogP contribution in [0.25, 0.3) is 5.76 Å². The van der Waals surface area contributed by atoms with Crippen molar-refractivity contribution in [2.75, 3.05) is 11.5 Å². The molecule has 0 saturated carbocycles. The van der Waals surface area contributed by atoms with E-state index in [9.17, 15) is 19.5 Å². The van der Waals surface area contributed by atoms with E-state index >= 15 is 0 Å². The molecule has 1 saturated heterocycles. The fourth-order valence-corrected chi connectivity index (χ4v) is 5.83. The number of rotatable bonds is 9. The maximum atomic E-state index is 13.6. The zero-order chi connectivity index (χ0) is 30.7. The van der Waals surface area contributed by atoms with Crippen LogP contribution in [-0.4, -0.2) is 34.4 Å². The third-order valence-electron chi connectivity index (χ3n) is 7.05. The number of benzene rings is 3. The van der Waals surface area contributed by atoms with Gasteiger partial charge >= 0.3 is 11.9 Å². The molecule has 1 fully saturated rings. The Balaban J connectivity index is 1.59. The van der Waals surface area contributed by atoms with Crippen molar-refractivity contribution in [2.45, 2.75) is 33.4 Å². The van der Waals surface area contributed by atoms with Crippen molar-refractivity contribution < 1.29 is 29.0 Å². The third kappa shape index (κ3) is 5.98. The van der Waals surface area contributed by atoms with Gasteiger partial charge in [0, 0.05) is 5.56 Å². The van der Waals surface area contributed by atoms with Crippen LogP contribution in [0.4, 0.5) is 5.13 Å². The van der Waals surface area contributed by atoms with E-state index in [1.54, 1.807) is 37.3 Å². The highest BCUT2D eigenvalue weighted by atomic mass is 32.1. The molecule has 5 rings (SSSR count). The molecule has 1 aliphatic rings. The highest BCUT2D eigenvalue weighted by molar-refractivity contribution is 7.17. The number of ketones is 1. The topological polar surface area (TPSA) is 106 Å². The monoisotopic (exact) mass is 594 g/mol. The predicted molar refractivity (Wildman–Crippen MR) is 165 cm³/mol. The Labute approximate surface area is 253 Å². The number of esters is 1. The van der Waals surface area contributed by atoms with Gasteiger partial charge in [0.15, 0.2) is 5.13 Å². The van der Waals surface area contributed by atoms with Crippen molar-refractivity contribution in [3.63, 3.8) is 0 Å². The van der Waals surface area contributed by atoms with Gasteiger partial charge in [0.25, 0.3) is 5.78 Å². The third-order valence-corrected chi connectivity index (χ3v) is 8.18. The molecular weight excluding hydrogens is 564 g/mol. The molecule has 3 aromatic carbocycles. The van der Waals surface area contributed by atoms with Crippen LogP contribution in [-0.2, 0) is 20.9 Å². The van der Waals surface area contributed by atoms with E-state index in [0.717, 1.165) is 28.0 Å². The molecule has 0 radical (unpaired) electrons. The average Bonchev–Trinajstić information content (AvgIpc) is 3.52. The summed E-state index contributed by atoms with van der Waals surface area (Å²) >= 11 is 0.948. The Hall–Kier alpha value is -5.02. The summed E-state index contributed by atoms with van der Waals surface area (Å²) in [6.45, 7) is 9.28. The number of hydrogen-bond acceptors (Lipinski definition) is 8. The van der Waals surface area contributed by atoms with Crippen molar-refractivity contribution in [3.8, 4) is 5.75 Å². The number of ether oxygens (including phenoxy) is 2. The zero-order valence-corrected chi connectivity index (χ0v) is 24.8. The van der Waals surface area contributed by atoms with Gasteiger partial charge in [-0.25, -0.2) is 9.78 Å². The summed E-state index contributed by atoms with van der Waals surface area (Å²) in [6.07, 6.45) is 1.45. The number of carbonyl (C=O) groups excluding carboxylic acids is 3. The molecule has 1 aromatic heterocycles. The Morgan fingerprint density at radius 2 is 1.77 bits per heavy atom. The van der Waals surface area contributed by atoms with E-state index in [2.05, 4.69) is 11.6 Å². The minimum Gasteiger partial charge on any atom is -0.507 e. The number of carbonyl (C=O) groups is 3. The number of thiazole rings is 1. The van der Waals surface area contributed by atoms with Gasteiger partial charge in [-0.15, -0.1) is 0 Å². The average molecular weight is 595 g/mol. The highest BCUT2D eigenvalue weighted by Gasteiger charge is 2.48. The summed E-state index contributed by atoms with van der Waals surface area (Å²) in [5.41, 5.74) is 3.94. The molecule has 1 unspecified atom stereocenters. The summed E-state index contributed by atoms with van der Waals surface area (Å²) in [5, 5.41) is 11.7. The summed E-state index contributed by atoms with van der Waals surface area (Å²) in [4.78, 5) is 45.8. The minimum atomic E-state index is -1.01. The second-order valence-electron chi connectivity index (χ2n) is 10.1. The molecule has 218 valence electrons. The van der Waals surface area contributed by atoms with Gasteiger partial charge in [0.05, 0.1) is 17.3 Å². The van der Waals surface area contributed by atoms with Gasteiger partial charge in [-0.05, 0) is 55.7 Å². The van der Waals surface area contributed by atoms with Crippen LogP contribution in [0, 0.1) is 20.8 Å². The van der Waals surface area contributed by atoms with Gasteiger partial charge in [-0.3, -0.25) is 14.5 Å². The smallest absolute Gasteiger partial charge is 0.350 e. The molecule has 43 heavy (non-hydrogen) atoms. The van der Waals surface area contributed by atoms with Gasteiger partial charge in [-0.2, -0.15) is 0 Å². The number of nitrogens with zero attached hydrogens (tertiary/aromatic N) is 2. The normalized spacial score (nSPS) is 15.9. The molecular formula is C34H30N2O6S. The first kappa shape index (κ1) is 29.5. The lowest BCUT2D eigenvalue weighted by molar-refractivity contribution is -0.132. The highest BCUT2D eigenvalue weighted by Crippen LogP contribution is 2.44. The van der Waals surface area contributed by atoms with E-state index in [-0.39, 0.29) is 27.9 Å². The molecule has 2 heterocycles. The van der Waals surface area contributed by atoms with Gasteiger partial charge in [0.1, 0.15) is 29.6 Å². The molecule has 1 aliphatic heterocycles. The molecule has 0 bridgehead atoms. The summed E-state index contributed by atoms with van der Waals surface area (Å²) in [6, 6.07) is 21.3. The number of aryl methyl sites for hydroxylation is 3. The lowest BCUT2D eigenvalue weighted by Crippen LogP contribution is -2.29. The Morgan fingerprint density at radius 1 is 1.05 bits per heavy atom. The lowest BCUT2D eigenvalue weighted by atomic mass is 9.93. The number of Topliss-reactive ketones (excluding diaryl/α,β-unsaturated/α-hetero) is 1. The van der Waals surface area contributed by atoms with Gasteiger partial charge in [-0.1, -0.05) is 84.2 Å². The first-order valence-corrected chi connectivity index (χ1v) is 14.4. The van der Waals surface area contributed by atoms with Crippen LogP contribution in [0.2, 0.25) is 0 Å². The van der Waals surface area contributed by atoms with Crippen LogP contribution >= 0.6 is 11.3 Å². The largest absolute Gasteiger partial charge is 0.507 e. The Bertz CT molecular complexity index is 1740. The molecule has 9 heteroatoms. The number of aromatic nitrogens is 1. The van der Waals surface area contributed by atoms with E-state index in [0.29, 0.717) is 29.2 Å². The fraction of sp³-hybridized carbons (Fsp3) is 0.176.